The molecule has 2 aromatic carbocycles. The third-order valence-corrected chi connectivity index (χ3v) is 5.18. The average Bonchev–Trinajstić information content (AvgIpc) is 3.39. The Balaban J connectivity index is 1.39. The molecule has 0 amide bonds. The van der Waals surface area contributed by atoms with Crippen LogP contribution in [-0.4, -0.2) is 36.0 Å². The van der Waals surface area contributed by atoms with Gasteiger partial charge in [0.05, 0.1) is 16.8 Å². The van der Waals surface area contributed by atoms with Crippen molar-refractivity contribution in [1.82, 2.24) is 25.1 Å². The van der Waals surface area contributed by atoms with Gasteiger partial charge in [-0.15, -0.1) is 5.10 Å². The van der Waals surface area contributed by atoms with Crippen molar-refractivity contribution in [2.24, 2.45) is 0 Å². The maximum Gasteiger partial charge on any atom is 0.208 e. The SMILES string of the molecule is N#CC(=C(O)CSc1n[nH]c(COc2ccc(Cl)cc2)n1)c1nc2ccccc2[nH]1. The molecule has 0 fully saturated rings. The summed E-state index contributed by atoms with van der Waals surface area (Å²) in [4.78, 5) is 11.7. The first-order valence-electron chi connectivity index (χ1n) is 8.82. The zero-order chi connectivity index (χ0) is 20.9. The van der Waals surface area contributed by atoms with Gasteiger partial charge < -0.3 is 14.8 Å². The van der Waals surface area contributed by atoms with Crippen LogP contribution in [0.3, 0.4) is 0 Å². The summed E-state index contributed by atoms with van der Waals surface area (Å²) in [6, 6.07) is 16.4. The van der Waals surface area contributed by atoms with Crippen LogP contribution in [0.2, 0.25) is 5.02 Å². The molecule has 0 aliphatic carbocycles. The number of hydrogen-bond donors (Lipinski definition) is 3. The topological polar surface area (TPSA) is 124 Å². The van der Waals surface area contributed by atoms with E-state index in [2.05, 4.69) is 25.1 Å². The van der Waals surface area contributed by atoms with Crippen LogP contribution in [-0.2, 0) is 6.61 Å². The summed E-state index contributed by atoms with van der Waals surface area (Å²) in [5, 5.41) is 27.8. The first-order chi connectivity index (χ1) is 14.6. The van der Waals surface area contributed by atoms with E-state index < -0.39 is 0 Å². The van der Waals surface area contributed by atoms with Gasteiger partial charge in [-0.1, -0.05) is 35.5 Å². The highest BCUT2D eigenvalue weighted by atomic mass is 35.5. The minimum atomic E-state index is -0.106. The second kappa shape index (κ2) is 8.90. The molecule has 8 nitrogen and oxygen atoms in total. The summed E-state index contributed by atoms with van der Waals surface area (Å²) in [6.07, 6.45) is 0. The fourth-order valence-corrected chi connectivity index (χ4v) is 3.44. The molecule has 4 rings (SSSR count). The molecule has 0 unspecified atom stereocenters. The lowest BCUT2D eigenvalue weighted by molar-refractivity contribution is 0.296. The van der Waals surface area contributed by atoms with Crippen molar-refractivity contribution in [2.75, 3.05) is 5.75 Å². The number of aliphatic hydroxyl groups is 1. The lowest BCUT2D eigenvalue weighted by Gasteiger charge is -2.03. The van der Waals surface area contributed by atoms with Gasteiger partial charge in [0.2, 0.25) is 5.16 Å². The van der Waals surface area contributed by atoms with Gasteiger partial charge in [-0.05, 0) is 36.4 Å². The maximum absolute atomic E-state index is 10.4. The molecule has 0 bridgehead atoms. The van der Waals surface area contributed by atoms with Crippen LogP contribution in [0.25, 0.3) is 16.6 Å². The average molecular weight is 439 g/mol. The summed E-state index contributed by atoms with van der Waals surface area (Å²) in [5.41, 5.74) is 1.60. The number of aliphatic hydroxyl groups excluding tert-OH is 1. The number of ether oxygens (including phenoxy) is 1. The molecule has 0 atom stereocenters. The number of benzene rings is 2. The lowest BCUT2D eigenvalue weighted by atomic mass is 10.2. The Morgan fingerprint density at radius 2 is 1.97 bits per heavy atom. The first kappa shape index (κ1) is 19.8. The van der Waals surface area contributed by atoms with Crippen molar-refractivity contribution in [1.29, 1.82) is 5.26 Å². The number of halogens is 1. The highest BCUT2D eigenvalue weighted by Crippen LogP contribution is 2.23. The van der Waals surface area contributed by atoms with E-state index in [-0.39, 0.29) is 23.7 Å². The fraction of sp³-hybridized carbons (Fsp3) is 0.100. The van der Waals surface area contributed by atoms with Gasteiger partial charge >= 0.3 is 0 Å². The number of rotatable bonds is 7. The number of allylic oxidation sites excluding steroid dienone is 1. The van der Waals surface area contributed by atoms with E-state index in [0.717, 1.165) is 11.0 Å². The van der Waals surface area contributed by atoms with Crippen LogP contribution in [0.5, 0.6) is 5.75 Å². The Kier molecular flexibility index (Phi) is 5.88. The minimum Gasteiger partial charge on any atom is -0.510 e. The van der Waals surface area contributed by atoms with Gasteiger partial charge in [-0.25, -0.2) is 9.97 Å². The Bertz CT molecular complexity index is 1210. The molecular weight excluding hydrogens is 424 g/mol. The van der Waals surface area contributed by atoms with Crippen LogP contribution >= 0.6 is 23.4 Å². The fourth-order valence-electron chi connectivity index (χ4n) is 2.62. The molecule has 0 radical (unpaired) electrons. The largest absolute Gasteiger partial charge is 0.510 e. The molecule has 30 heavy (non-hydrogen) atoms. The number of aromatic nitrogens is 5. The molecule has 2 aromatic heterocycles. The van der Waals surface area contributed by atoms with Gasteiger partial charge in [0.1, 0.15) is 29.8 Å². The van der Waals surface area contributed by atoms with E-state index in [4.69, 9.17) is 16.3 Å². The van der Waals surface area contributed by atoms with Crippen LogP contribution in [0, 0.1) is 11.3 Å². The van der Waals surface area contributed by atoms with E-state index in [1.165, 1.54) is 11.8 Å². The number of para-hydroxylation sites is 2. The molecule has 0 aliphatic rings. The molecule has 2 heterocycles. The van der Waals surface area contributed by atoms with Crippen molar-refractivity contribution in [3.05, 3.63) is 71.0 Å². The predicted octanol–water partition coefficient (Wildman–Crippen LogP) is 4.50. The number of nitrogens with zero attached hydrogens (tertiary/aromatic N) is 4. The summed E-state index contributed by atoms with van der Waals surface area (Å²) in [5.74, 6) is 1.54. The van der Waals surface area contributed by atoms with Crippen molar-refractivity contribution in [3.8, 4) is 11.8 Å². The van der Waals surface area contributed by atoms with Crippen LogP contribution in [0.1, 0.15) is 11.6 Å². The number of imidazole rings is 1. The highest BCUT2D eigenvalue weighted by molar-refractivity contribution is 7.99. The van der Waals surface area contributed by atoms with Gasteiger partial charge in [-0.3, -0.25) is 5.10 Å². The molecule has 0 saturated carbocycles. The first-order valence-corrected chi connectivity index (χ1v) is 10.2. The van der Waals surface area contributed by atoms with Crippen molar-refractivity contribution < 1.29 is 9.84 Å². The number of H-pyrrole nitrogens is 2. The molecule has 0 aliphatic heterocycles. The normalized spacial score (nSPS) is 11.9. The second-order valence-electron chi connectivity index (χ2n) is 6.13. The number of aromatic amines is 2. The van der Waals surface area contributed by atoms with Crippen molar-refractivity contribution in [3.63, 3.8) is 0 Å². The quantitative estimate of drug-likeness (QED) is 0.220. The van der Waals surface area contributed by atoms with E-state index >= 15 is 0 Å². The third kappa shape index (κ3) is 4.56. The smallest absolute Gasteiger partial charge is 0.208 e. The van der Waals surface area contributed by atoms with Gasteiger partial charge in [0.25, 0.3) is 0 Å². The van der Waals surface area contributed by atoms with Gasteiger partial charge in [0.15, 0.2) is 11.6 Å². The number of nitrogens with one attached hydrogen (secondary N) is 2. The highest BCUT2D eigenvalue weighted by Gasteiger charge is 2.14. The lowest BCUT2D eigenvalue weighted by Crippen LogP contribution is -1.97. The molecule has 10 heteroatoms. The number of nitriles is 1. The molecule has 0 saturated heterocycles. The van der Waals surface area contributed by atoms with Crippen molar-refractivity contribution in [2.45, 2.75) is 11.8 Å². The van der Waals surface area contributed by atoms with E-state index in [1.807, 2.05) is 30.3 Å². The van der Waals surface area contributed by atoms with E-state index in [9.17, 15) is 10.4 Å². The molecule has 4 aromatic rings. The summed E-state index contributed by atoms with van der Waals surface area (Å²) in [6.45, 7) is 0.208. The molecule has 0 spiro atoms. The standard InChI is InChI=1S/C20H15ClN6O2S/c21-12-5-7-13(8-6-12)29-10-18-25-20(27-26-18)30-11-17(28)14(9-22)19-23-15-3-1-2-4-16(15)24-19/h1-8,28H,10-11H2,(H,23,24)(H,25,26,27). The summed E-state index contributed by atoms with van der Waals surface area (Å²) in [7, 11) is 0. The third-order valence-electron chi connectivity index (χ3n) is 4.06. The monoisotopic (exact) mass is 438 g/mol. The molecule has 3 N–H and O–H groups in total. The Morgan fingerprint density at radius 3 is 2.73 bits per heavy atom. The van der Waals surface area contributed by atoms with Gasteiger partial charge in [0, 0.05) is 5.02 Å². The van der Waals surface area contributed by atoms with E-state index in [1.54, 1.807) is 24.3 Å². The minimum absolute atomic E-state index is 0.0838. The summed E-state index contributed by atoms with van der Waals surface area (Å²) < 4.78 is 5.61. The van der Waals surface area contributed by atoms with Crippen molar-refractivity contribution >= 4 is 40.0 Å². The predicted molar refractivity (Wildman–Crippen MR) is 114 cm³/mol. The van der Waals surface area contributed by atoms with E-state index in [0.29, 0.717) is 27.6 Å². The zero-order valence-corrected chi connectivity index (χ0v) is 17.0. The van der Waals surface area contributed by atoms with Crippen LogP contribution in [0.15, 0.2) is 59.4 Å². The maximum atomic E-state index is 10.4. The number of thioether (sulfide) groups is 1. The second-order valence-corrected chi connectivity index (χ2v) is 7.51. The van der Waals surface area contributed by atoms with Gasteiger partial charge in [-0.2, -0.15) is 5.26 Å². The Hall–Kier alpha value is -3.48. The van der Waals surface area contributed by atoms with Crippen LogP contribution in [0.4, 0.5) is 0 Å². The van der Waals surface area contributed by atoms with Crippen LogP contribution < -0.4 is 4.74 Å². The Morgan fingerprint density at radius 1 is 1.17 bits per heavy atom. The number of fused-ring (bicyclic) bond motifs is 1. The molecule has 150 valence electrons. The molecular formula is C20H15ClN6O2S. The number of hydrogen-bond acceptors (Lipinski definition) is 7. The Labute approximate surface area is 180 Å². The summed E-state index contributed by atoms with van der Waals surface area (Å²) >= 11 is 7.04. The zero-order valence-electron chi connectivity index (χ0n) is 15.5.